The lowest BCUT2D eigenvalue weighted by molar-refractivity contribution is -0.137. The fourth-order valence-electron chi connectivity index (χ4n) is 3.18. The largest absolute Gasteiger partial charge is 0.395 e. The molecular formula is C24H30N2O4. The number of hydrogen-bond acceptors (Lipinski definition) is 4. The van der Waals surface area contributed by atoms with Crippen molar-refractivity contribution in [1.29, 1.82) is 0 Å². The highest BCUT2D eigenvalue weighted by molar-refractivity contribution is 5.86. The number of allylic oxidation sites excluding steroid dienone is 1. The Morgan fingerprint density at radius 3 is 2.30 bits per heavy atom. The van der Waals surface area contributed by atoms with Crippen LogP contribution in [0.3, 0.4) is 0 Å². The number of carbonyl (C=O) groups excluding carboxylic acids is 2. The number of aliphatic hydroxyl groups is 2. The van der Waals surface area contributed by atoms with E-state index in [1.807, 2.05) is 48.5 Å². The molecule has 2 unspecified atom stereocenters. The zero-order chi connectivity index (χ0) is 21.8. The molecule has 2 atom stereocenters. The first kappa shape index (κ1) is 23.3. The van der Waals surface area contributed by atoms with E-state index in [-0.39, 0.29) is 37.9 Å². The summed E-state index contributed by atoms with van der Waals surface area (Å²) in [4.78, 5) is 27.0. The van der Waals surface area contributed by atoms with Crippen LogP contribution < -0.4 is 5.32 Å². The Morgan fingerprint density at radius 1 is 1.07 bits per heavy atom. The van der Waals surface area contributed by atoms with Crippen LogP contribution in [-0.4, -0.2) is 46.6 Å². The Balaban J connectivity index is 1.96. The molecule has 0 aliphatic heterocycles. The van der Waals surface area contributed by atoms with Gasteiger partial charge in [-0.1, -0.05) is 66.7 Å². The molecule has 0 bridgehead atoms. The minimum atomic E-state index is -0.820. The van der Waals surface area contributed by atoms with Gasteiger partial charge in [0.15, 0.2) is 0 Å². The second-order valence-electron chi connectivity index (χ2n) is 7.12. The summed E-state index contributed by atoms with van der Waals surface area (Å²) >= 11 is 0. The van der Waals surface area contributed by atoms with Crippen molar-refractivity contribution in [2.24, 2.45) is 5.92 Å². The molecule has 0 saturated carbocycles. The quantitative estimate of drug-likeness (QED) is 0.469. The molecule has 2 amide bonds. The predicted molar refractivity (Wildman–Crippen MR) is 116 cm³/mol. The van der Waals surface area contributed by atoms with Crippen molar-refractivity contribution in [3.8, 4) is 0 Å². The summed E-state index contributed by atoms with van der Waals surface area (Å²) in [6.45, 7) is 4.17. The molecule has 160 valence electrons. The minimum absolute atomic E-state index is 0.00607. The molecule has 0 heterocycles. The number of amides is 2. The minimum Gasteiger partial charge on any atom is -0.395 e. The van der Waals surface area contributed by atoms with Crippen LogP contribution in [0, 0.1) is 5.92 Å². The summed E-state index contributed by atoms with van der Waals surface area (Å²) in [5.74, 6) is -1.10. The van der Waals surface area contributed by atoms with Crippen LogP contribution in [0.25, 0.3) is 0 Å². The topological polar surface area (TPSA) is 89.9 Å². The van der Waals surface area contributed by atoms with Crippen molar-refractivity contribution in [2.75, 3.05) is 19.7 Å². The van der Waals surface area contributed by atoms with E-state index in [9.17, 15) is 19.8 Å². The number of benzene rings is 2. The van der Waals surface area contributed by atoms with Gasteiger partial charge in [0, 0.05) is 26.1 Å². The van der Waals surface area contributed by atoms with Crippen molar-refractivity contribution in [2.45, 2.75) is 25.5 Å². The molecule has 2 aromatic rings. The molecule has 0 saturated heterocycles. The highest BCUT2D eigenvalue weighted by atomic mass is 16.3. The number of nitrogens with zero attached hydrogens (tertiary/aromatic N) is 1. The van der Waals surface area contributed by atoms with Gasteiger partial charge in [0.05, 0.1) is 18.6 Å². The third-order valence-electron chi connectivity index (χ3n) is 4.84. The number of rotatable bonds is 12. The lowest BCUT2D eigenvalue weighted by Crippen LogP contribution is -2.39. The van der Waals surface area contributed by atoms with Crippen LogP contribution in [-0.2, 0) is 16.1 Å². The number of hydrogen-bond donors (Lipinski definition) is 3. The molecule has 2 rings (SSSR count). The Kier molecular flexibility index (Phi) is 9.77. The zero-order valence-corrected chi connectivity index (χ0v) is 17.1. The zero-order valence-electron chi connectivity index (χ0n) is 17.1. The summed E-state index contributed by atoms with van der Waals surface area (Å²) in [7, 11) is 0. The normalized spacial score (nSPS) is 12.6. The first-order valence-corrected chi connectivity index (χ1v) is 10.1. The summed E-state index contributed by atoms with van der Waals surface area (Å²) in [5.41, 5.74) is 1.67. The second kappa shape index (κ2) is 12.6. The van der Waals surface area contributed by atoms with Crippen LogP contribution in [0.2, 0.25) is 0 Å². The fourth-order valence-corrected chi connectivity index (χ4v) is 3.18. The first-order chi connectivity index (χ1) is 14.5. The molecule has 6 heteroatoms. The van der Waals surface area contributed by atoms with Crippen LogP contribution >= 0.6 is 0 Å². The second-order valence-corrected chi connectivity index (χ2v) is 7.12. The highest BCUT2D eigenvalue weighted by Gasteiger charge is 2.24. The smallest absolute Gasteiger partial charge is 0.224 e. The van der Waals surface area contributed by atoms with Gasteiger partial charge in [-0.3, -0.25) is 9.59 Å². The standard InChI is InChI=1S/C24H30N2O4/c1-2-9-21(24(30)25-17-22(28)20-12-7-4-8-13-20)16-23(29)26(14-15-27)18-19-10-5-3-6-11-19/h2-8,10-13,21-22,27-28H,1,9,14-18H2,(H,25,30). The maximum Gasteiger partial charge on any atom is 0.224 e. The summed E-state index contributed by atoms with van der Waals surface area (Å²) < 4.78 is 0. The van der Waals surface area contributed by atoms with E-state index in [4.69, 9.17) is 0 Å². The van der Waals surface area contributed by atoms with Crippen molar-refractivity contribution >= 4 is 11.8 Å². The van der Waals surface area contributed by atoms with Gasteiger partial charge in [-0.25, -0.2) is 0 Å². The highest BCUT2D eigenvalue weighted by Crippen LogP contribution is 2.16. The number of carbonyl (C=O) groups is 2. The van der Waals surface area contributed by atoms with E-state index >= 15 is 0 Å². The van der Waals surface area contributed by atoms with Gasteiger partial charge in [0.2, 0.25) is 11.8 Å². The molecule has 0 spiro atoms. The van der Waals surface area contributed by atoms with E-state index < -0.39 is 12.0 Å². The first-order valence-electron chi connectivity index (χ1n) is 10.1. The number of aliphatic hydroxyl groups excluding tert-OH is 2. The lowest BCUT2D eigenvalue weighted by atomic mass is 9.99. The number of nitrogens with one attached hydrogen (secondary N) is 1. The Bertz CT molecular complexity index is 795. The van der Waals surface area contributed by atoms with Crippen molar-refractivity contribution in [1.82, 2.24) is 10.2 Å². The summed E-state index contributed by atoms with van der Waals surface area (Å²) in [6.07, 6.45) is 1.14. The fraction of sp³-hybridized carbons (Fsp3) is 0.333. The maximum atomic E-state index is 12.8. The van der Waals surface area contributed by atoms with Crippen molar-refractivity contribution in [3.05, 3.63) is 84.4 Å². The molecule has 0 fully saturated rings. The van der Waals surface area contributed by atoms with Crippen molar-refractivity contribution in [3.63, 3.8) is 0 Å². The van der Waals surface area contributed by atoms with E-state index in [0.717, 1.165) is 5.56 Å². The van der Waals surface area contributed by atoms with E-state index in [1.54, 1.807) is 23.1 Å². The molecule has 3 N–H and O–H groups in total. The van der Waals surface area contributed by atoms with Crippen LogP contribution in [0.15, 0.2) is 73.3 Å². The lowest BCUT2D eigenvalue weighted by Gasteiger charge is -2.24. The van der Waals surface area contributed by atoms with Gasteiger partial charge in [-0.2, -0.15) is 0 Å². The van der Waals surface area contributed by atoms with Crippen LogP contribution in [0.4, 0.5) is 0 Å². The summed E-state index contributed by atoms with van der Waals surface area (Å²) in [6, 6.07) is 18.6. The molecule has 30 heavy (non-hydrogen) atoms. The Labute approximate surface area is 177 Å². The molecule has 0 aliphatic carbocycles. The van der Waals surface area contributed by atoms with Gasteiger partial charge >= 0.3 is 0 Å². The maximum absolute atomic E-state index is 12.8. The molecule has 2 aromatic carbocycles. The van der Waals surface area contributed by atoms with E-state index in [2.05, 4.69) is 11.9 Å². The third-order valence-corrected chi connectivity index (χ3v) is 4.84. The van der Waals surface area contributed by atoms with E-state index in [1.165, 1.54) is 0 Å². The van der Waals surface area contributed by atoms with Crippen LogP contribution in [0.1, 0.15) is 30.1 Å². The third kappa shape index (κ3) is 7.46. The van der Waals surface area contributed by atoms with Gasteiger partial charge in [0.1, 0.15) is 0 Å². The predicted octanol–water partition coefficient (Wildman–Crippen LogP) is 2.44. The monoisotopic (exact) mass is 410 g/mol. The summed E-state index contributed by atoms with van der Waals surface area (Å²) in [5, 5.41) is 22.3. The van der Waals surface area contributed by atoms with Gasteiger partial charge in [-0.05, 0) is 17.5 Å². The molecular weight excluding hydrogens is 380 g/mol. The molecule has 0 radical (unpaired) electrons. The van der Waals surface area contributed by atoms with Gasteiger partial charge in [0.25, 0.3) is 0 Å². The van der Waals surface area contributed by atoms with Crippen molar-refractivity contribution < 1.29 is 19.8 Å². The van der Waals surface area contributed by atoms with E-state index in [0.29, 0.717) is 18.5 Å². The molecule has 6 nitrogen and oxygen atoms in total. The van der Waals surface area contributed by atoms with Gasteiger partial charge in [-0.15, -0.1) is 6.58 Å². The van der Waals surface area contributed by atoms with Crippen LogP contribution in [0.5, 0.6) is 0 Å². The SMILES string of the molecule is C=CCC(CC(=O)N(CCO)Cc1ccccc1)C(=O)NCC(O)c1ccccc1. The Morgan fingerprint density at radius 2 is 1.70 bits per heavy atom. The average molecular weight is 411 g/mol. The van der Waals surface area contributed by atoms with Gasteiger partial charge < -0.3 is 20.4 Å². The average Bonchev–Trinajstić information content (AvgIpc) is 2.78. The Hall–Kier alpha value is -2.96. The molecule has 0 aromatic heterocycles. The molecule has 0 aliphatic rings.